The molecule has 0 unspecified atom stereocenters. The van der Waals surface area contributed by atoms with E-state index in [4.69, 9.17) is 0 Å². The van der Waals surface area contributed by atoms with Gasteiger partial charge in [-0.2, -0.15) is 0 Å². The minimum Gasteiger partial charge on any atom is -0.356 e. The van der Waals surface area contributed by atoms with Crippen molar-refractivity contribution in [2.75, 3.05) is 13.1 Å². The van der Waals surface area contributed by atoms with Crippen molar-refractivity contribution in [2.24, 2.45) is 0 Å². The first-order valence-electron chi connectivity index (χ1n) is 10.8. The minimum absolute atomic E-state index is 0.177. The van der Waals surface area contributed by atoms with Crippen LogP contribution in [0.4, 0.5) is 0 Å². The highest BCUT2D eigenvalue weighted by Gasteiger charge is 2.04. The first-order chi connectivity index (χ1) is 13.2. The van der Waals surface area contributed by atoms with E-state index >= 15 is 0 Å². The zero-order chi connectivity index (χ0) is 19.7. The van der Waals surface area contributed by atoms with Crippen LogP contribution in [0.1, 0.15) is 87.8 Å². The summed E-state index contributed by atoms with van der Waals surface area (Å²) < 4.78 is 0. The van der Waals surface area contributed by atoms with E-state index in [2.05, 4.69) is 36.6 Å². The minimum atomic E-state index is 0.177. The molecule has 4 nitrogen and oxygen atoms in total. The summed E-state index contributed by atoms with van der Waals surface area (Å²) >= 11 is 1.90. The molecule has 2 N–H and O–H groups in total. The molecule has 0 aromatic carbocycles. The van der Waals surface area contributed by atoms with Crippen LogP contribution in [-0.4, -0.2) is 24.9 Å². The lowest BCUT2D eigenvalue weighted by Crippen LogP contribution is -2.23. The van der Waals surface area contributed by atoms with Gasteiger partial charge in [-0.05, 0) is 57.1 Å². The van der Waals surface area contributed by atoms with Crippen molar-refractivity contribution in [1.82, 2.24) is 10.6 Å². The molecule has 0 atom stereocenters. The smallest absolute Gasteiger partial charge is 0.220 e. The molecule has 0 aliphatic heterocycles. The molecule has 27 heavy (non-hydrogen) atoms. The van der Waals surface area contributed by atoms with Crippen LogP contribution in [0, 0.1) is 0 Å². The van der Waals surface area contributed by atoms with Gasteiger partial charge in [-0.3, -0.25) is 9.59 Å². The molecule has 1 aromatic rings. The Morgan fingerprint density at radius 2 is 1.22 bits per heavy atom. The van der Waals surface area contributed by atoms with E-state index in [1.54, 1.807) is 0 Å². The lowest BCUT2D eigenvalue weighted by atomic mass is 10.1. The fourth-order valence-corrected chi connectivity index (χ4v) is 4.04. The Morgan fingerprint density at radius 3 is 1.81 bits per heavy atom. The predicted molar refractivity (Wildman–Crippen MR) is 115 cm³/mol. The highest BCUT2D eigenvalue weighted by atomic mass is 32.1. The largest absolute Gasteiger partial charge is 0.356 e. The van der Waals surface area contributed by atoms with Gasteiger partial charge in [0.1, 0.15) is 0 Å². The number of hydrogen-bond donors (Lipinski definition) is 2. The van der Waals surface area contributed by atoms with Crippen LogP contribution in [0.15, 0.2) is 12.1 Å². The molecule has 0 bridgehead atoms. The van der Waals surface area contributed by atoms with E-state index in [1.165, 1.54) is 29.0 Å². The van der Waals surface area contributed by atoms with Gasteiger partial charge in [0.2, 0.25) is 11.8 Å². The second-order valence-electron chi connectivity index (χ2n) is 7.19. The van der Waals surface area contributed by atoms with Crippen molar-refractivity contribution in [1.29, 1.82) is 0 Å². The summed E-state index contributed by atoms with van der Waals surface area (Å²) in [4.78, 5) is 26.0. The summed E-state index contributed by atoms with van der Waals surface area (Å²) in [6.45, 7) is 5.73. The van der Waals surface area contributed by atoms with Gasteiger partial charge in [0.25, 0.3) is 0 Å². The van der Waals surface area contributed by atoms with Crippen LogP contribution in [0.3, 0.4) is 0 Å². The lowest BCUT2D eigenvalue weighted by molar-refractivity contribution is -0.122. The van der Waals surface area contributed by atoms with Gasteiger partial charge in [-0.25, -0.2) is 0 Å². The average Bonchev–Trinajstić information content (AvgIpc) is 3.11. The van der Waals surface area contributed by atoms with Crippen molar-refractivity contribution < 1.29 is 9.59 Å². The summed E-state index contributed by atoms with van der Waals surface area (Å²) in [5.41, 5.74) is 0. The quantitative estimate of drug-likeness (QED) is 0.387. The molecule has 2 amide bonds. The fourth-order valence-electron chi connectivity index (χ4n) is 2.93. The monoisotopic (exact) mass is 394 g/mol. The summed E-state index contributed by atoms with van der Waals surface area (Å²) in [5.74, 6) is 0.377. The number of amides is 2. The molecule has 0 saturated heterocycles. The SMILES string of the molecule is CCCNC(=O)CCCCCCCc1ccc(CCCC(=O)NCCC)s1. The van der Waals surface area contributed by atoms with Crippen LogP contribution in [0.5, 0.6) is 0 Å². The number of carbonyl (C=O) groups excluding carboxylic acids is 2. The second-order valence-corrected chi connectivity index (χ2v) is 8.44. The Kier molecular flexibility index (Phi) is 13.7. The summed E-state index contributed by atoms with van der Waals surface area (Å²) in [7, 11) is 0. The molecule has 1 heterocycles. The molecule has 1 aromatic heterocycles. The molecule has 0 fully saturated rings. The molecule has 5 heteroatoms. The van der Waals surface area contributed by atoms with Crippen molar-refractivity contribution in [3.05, 3.63) is 21.9 Å². The first kappa shape index (κ1) is 23.7. The molecular weight excluding hydrogens is 356 g/mol. The lowest BCUT2D eigenvalue weighted by Gasteiger charge is -2.03. The third-order valence-electron chi connectivity index (χ3n) is 4.52. The molecule has 0 saturated carbocycles. The predicted octanol–water partition coefficient (Wildman–Crippen LogP) is 5.01. The summed E-state index contributed by atoms with van der Waals surface area (Å²) in [5, 5.41) is 5.86. The molecule has 0 aliphatic carbocycles. The van der Waals surface area contributed by atoms with Crippen molar-refractivity contribution in [2.45, 2.75) is 90.9 Å². The summed E-state index contributed by atoms with van der Waals surface area (Å²) in [6.07, 6.45) is 12.2. The van der Waals surface area contributed by atoms with Gasteiger partial charge in [-0.1, -0.05) is 33.1 Å². The highest BCUT2D eigenvalue weighted by molar-refractivity contribution is 7.11. The van der Waals surface area contributed by atoms with Crippen LogP contribution >= 0.6 is 11.3 Å². The zero-order valence-electron chi connectivity index (χ0n) is 17.3. The number of aryl methyl sites for hydroxylation is 2. The number of rotatable bonds is 16. The number of nitrogens with one attached hydrogen (secondary N) is 2. The Morgan fingerprint density at radius 1 is 0.741 bits per heavy atom. The molecule has 154 valence electrons. The van der Waals surface area contributed by atoms with Crippen LogP contribution in [0.25, 0.3) is 0 Å². The van der Waals surface area contributed by atoms with E-state index in [-0.39, 0.29) is 11.8 Å². The molecule has 1 rings (SSSR count). The zero-order valence-corrected chi connectivity index (χ0v) is 18.1. The molecular formula is C22H38N2O2S. The van der Waals surface area contributed by atoms with Crippen LogP contribution in [0.2, 0.25) is 0 Å². The van der Waals surface area contributed by atoms with Gasteiger partial charge in [0.05, 0.1) is 0 Å². The van der Waals surface area contributed by atoms with Gasteiger partial charge in [0, 0.05) is 35.7 Å². The maximum Gasteiger partial charge on any atom is 0.220 e. The number of hydrogen-bond acceptors (Lipinski definition) is 3. The second kappa shape index (κ2) is 15.7. The van der Waals surface area contributed by atoms with Crippen LogP contribution in [-0.2, 0) is 22.4 Å². The van der Waals surface area contributed by atoms with Crippen molar-refractivity contribution >= 4 is 23.2 Å². The van der Waals surface area contributed by atoms with E-state index < -0.39 is 0 Å². The number of thiophene rings is 1. The maximum absolute atomic E-state index is 11.6. The van der Waals surface area contributed by atoms with E-state index in [9.17, 15) is 9.59 Å². The van der Waals surface area contributed by atoms with E-state index in [0.717, 1.165) is 58.0 Å². The third-order valence-corrected chi connectivity index (χ3v) is 5.72. The molecule has 0 radical (unpaired) electrons. The van der Waals surface area contributed by atoms with Crippen molar-refractivity contribution in [3.8, 4) is 0 Å². The topological polar surface area (TPSA) is 58.2 Å². The molecule has 0 spiro atoms. The number of unbranched alkanes of at least 4 members (excludes halogenated alkanes) is 4. The van der Waals surface area contributed by atoms with Gasteiger partial charge in [0.15, 0.2) is 0 Å². The van der Waals surface area contributed by atoms with Crippen LogP contribution < -0.4 is 10.6 Å². The Bertz CT molecular complexity index is 528. The normalized spacial score (nSPS) is 10.7. The first-order valence-corrected chi connectivity index (χ1v) is 11.6. The van der Waals surface area contributed by atoms with Gasteiger partial charge >= 0.3 is 0 Å². The number of carbonyl (C=O) groups is 2. The van der Waals surface area contributed by atoms with Gasteiger partial charge < -0.3 is 10.6 Å². The Balaban J connectivity index is 2.02. The summed E-state index contributed by atoms with van der Waals surface area (Å²) in [6, 6.07) is 4.47. The third kappa shape index (κ3) is 12.6. The Labute approximate surface area is 169 Å². The maximum atomic E-state index is 11.6. The highest BCUT2D eigenvalue weighted by Crippen LogP contribution is 2.21. The van der Waals surface area contributed by atoms with E-state index in [1.807, 2.05) is 11.3 Å². The Hall–Kier alpha value is -1.36. The van der Waals surface area contributed by atoms with E-state index in [0.29, 0.717) is 12.8 Å². The van der Waals surface area contributed by atoms with Gasteiger partial charge in [-0.15, -0.1) is 11.3 Å². The fraction of sp³-hybridized carbons (Fsp3) is 0.727. The molecule has 0 aliphatic rings. The van der Waals surface area contributed by atoms with Crippen molar-refractivity contribution in [3.63, 3.8) is 0 Å². The average molecular weight is 395 g/mol. The standard InChI is InChI=1S/C22H38N2O2S/c1-3-17-23-21(25)13-9-7-5-6-8-11-19-15-16-20(27-19)12-10-14-22(26)24-18-4-2/h15-16H,3-14,17-18H2,1-2H3,(H,23,25)(H,24,26).